The number of aromatic nitrogens is 2. The van der Waals surface area contributed by atoms with Gasteiger partial charge in [0.1, 0.15) is 11.2 Å². The quantitative estimate of drug-likeness (QED) is 0.794. The van der Waals surface area contributed by atoms with Crippen LogP contribution in [0, 0.1) is 0 Å². The summed E-state index contributed by atoms with van der Waals surface area (Å²) < 4.78 is 6.76. The lowest BCUT2D eigenvalue weighted by Gasteiger charge is -2.10. The molecule has 0 bridgehead atoms. The van der Waals surface area contributed by atoms with Gasteiger partial charge < -0.3 is 4.74 Å². The summed E-state index contributed by atoms with van der Waals surface area (Å²) in [6.07, 6.45) is 3.90. The third-order valence-electron chi connectivity index (χ3n) is 3.15. The monoisotopic (exact) mass is 320 g/mol. The Labute approximate surface area is 133 Å². The van der Waals surface area contributed by atoms with Crippen molar-refractivity contribution in [3.05, 3.63) is 33.1 Å². The first-order valence-electron chi connectivity index (χ1n) is 7.30. The van der Waals surface area contributed by atoms with Crippen molar-refractivity contribution in [3.63, 3.8) is 0 Å². The molecule has 0 radical (unpaired) electrons. The Kier molecular flexibility index (Phi) is 5.13. The van der Waals surface area contributed by atoms with E-state index in [1.54, 1.807) is 6.92 Å². The number of fused-ring (bicyclic) bond motifs is 1. The number of ether oxygens (including phenoxy) is 1. The van der Waals surface area contributed by atoms with E-state index in [4.69, 9.17) is 4.74 Å². The van der Waals surface area contributed by atoms with Gasteiger partial charge in [0, 0.05) is 10.3 Å². The minimum atomic E-state index is -0.448. The topological polar surface area (TPSA) is 61.2 Å². The third kappa shape index (κ3) is 3.27. The van der Waals surface area contributed by atoms with E-state index < -0.39 is 5.97 Å². The molecule has 0 spiro atoms. The number of nitrogens with zero attached hydrogens (tertiary/aromatic N) is 2. The second kappa shape index (κ2) is 6.87. The summed E-state index contributed by atoms with van der Waals surface area (Å²) in [4.78, 5) is 25.2. The lowest BCUT2D eigenvalue weighted by Crippen LogP contribution is -2.28. The van der Waals surface area contributed by atoms with Gasteiger partial charge in [0.15, 0.2) is 0 Å². The Morgan fingerprint density at radius 2 is 2.23 bits per heavy atom. The van der Waals surface area contributed by atoms with Crippen LogP contribution in [0.2, 0.25) is 0 Å². The van der Waals surface area contributed by atoms with Gasteiger partial charge in [-0.1, -0.05) is 19.9 Å². The Hall–Kier alpha value is -1.95. The number of esters is 1. The predicted molar refractivity (Wildman–Crippen MR) is 89.3 cm³/mol. The molecule has 0 fully saturated rings. The molecule has 0 amide bonds. The van der Waals surface area contributed by atoms with E-state index >= 15 is 0 Å². The predicted octanol–water partition coefficient (Wildman–Crippen LogP) is 3.18. The van der Waals surface area contributed by atoms with Crippen LogP contribution in [-0.4, -0.2) is 22.4 Å². The van der Waals surface area contributed by atoms with Crippen LogP contribution in [0.5, 0.6) is 0 Å². The molecular weight excluding hydrogens is 300 g/mol. The summed E-state index contributed by atoms with van der Waals surface area (Å²) in [5.74, 6) is -0.291. The normalized spacial score (nSPS) is 11.7. The van der Waals surface area contributed by atoms with E-state index in [1.807, 2.05) is 39.0 Å². The smallest absolute Gasteiger partial charge is 0.327 e. The van der Waals surface area contributed by atoms with E-state index in [2.05, 4.69) is 5.10 Å². The van der Waals surface area contributed by atoms with E-state index in [-0.39, 0.29) is 24.6 Å². The number of hydrogen-bond acceptors (Lipinski definition) is 5. The Bertz CT molecular complexity index is 772. The molecule has 0 aliphatic carbocycles. The molecule has 22 heavy (non-hydrogen) atoms. The molecule has 0 unspecified atom stereocenters. The van der Waals surface area contributed by atoms with Crippen molar-refractivity contribution in [2.24, 2.45) is 0 Å². The molecule has 0 N–H and O–H groups in total. The molecule has 118 valence electrons. The van der Waals surface area contributed by atoms with Gasteiger partial charge in [-0.15, -0.1) is 11.3 Å². The zero-order valence-electron chi connectivity index (χ0n) is 13.3. The number of rotatable bonds is 5. The highest BCUT2D eigenvalue weighted by atomic mass is 32.1. The van der Waals surface area contributed by atoms with Crippen LogP contribution < -0.4 is 5.56 Å². The summed E-state index contributed by atoms with van der Waals surface area (Å²) in [5.41, 5.74) is 0.583. The number of carbonyl (C=O) groups excluding carboxylic acids is 1. The van der Waals surface area contributed by atoms with Gasteiger partial charge in [-0.25, -0.2) is 4.68 Å². The summed E-state index contributed by atoms with van der Waals surface area (Å²) >= 11 is 1.42. The molecule has 2 aromatic heterocycles. The van der Waals surface area contributed by atoms with Gasteiger partial charge in [-0.3, -0.25) is 9.59 Å². The van der Waals surface area contributed by atoms with Crippen LogP contribution in [0.3, 0.4) is 0 Å². The molecule has 2 rings (SSSR count). The Morgan fingerprint density at radius 1 is 1.50 bits per heavy atom. The fourth-order valence-electron chi connectivity index (χ4n) is 2.21. The molecule has 0 aliphatic heterocycles. The van der Waals surface area contributed by atoms with Crippen LogP contribution in [0.1, 0.15) is 44.2 Å². The summed E-state index contributed by atoms with van der Waals surface area (Å²) in [5, 5.41) is 5.25. The van der Waals surface area contributed by atoms with Gasteiger partial charge in [0.2, 0.25) is 0 Å². The van der Waals surface area contributed by atoms with Gasteiger partial charge >= 0.3 is 5.97 Å². The maximum Gasteiger partial charge on any atom is 0.327 e. The van der Waals surface area contributed by atoms with Gasteiger partial charge in [0.25, 0.3) is 5.56 Å². The van der Waals surface area contributed by atoms with Crippen LogP contribution in [-0.2, 0) is 16.1 Å². The van der Waals surface area contributed by atoms with Gasteiger partial charge in [-0.05, 0) is 31.9 Å². The third-order valence-corrected chi connectivity index (χ3v) is 4.23. The molecule has 2 aromatic rings. The van der Waals surface area contributed by atoms with Crippen molar-refractivity contribution < 1.29 is 9.53 Å². The summed E-state index contributed by atoms with van der Waals surface area (Å²) in [6, 6.07) is 1.98. The first-order chi connectivity index (χ1) is 10.5. The number of allylic oxidation sites excluding steroid dienone is 1. The lowest BCUT2D eigenvalue weighted by molar-refractivity contribution is -0.144. The minimum Gasteiger partial charge on any atom is -0.465 e. The van der Waals surface area contributed by atoms with Crippen molar-refractivity contribution in [1.29, 1.82) is 0 Å². The highest BCUT2D eigenvalue weighted by Gasteiger charge is 2.17. The molecule has 0 saturated carbocycles. The van der Waals surface area contributed by atoms with Gasteiger partial charge in [-0.2, -0.15) is 5.10 Å². The number of carbonyl (C=O) groups is 1. The average molecular weight is 320 g/mol. The molecule has 5 nitrogen and oxygen atoms in total. The molecule has 6 heteroatoms. The van der Waals surface area contributed by atoms with Crippen LogP contribution in [0.15, 0.2) is 16.9 Å². The van der Waals surface area contributed by atoms with E-state index in [9.17, 15) is 9.59 Å². The first kappa shape index (κ1) is 16.4. The molecule has 2 heterocycles. The fourth-order valence-corrected chi connectivity index (χ4v) is 3.30. The minimum absolute atomic E-state index is 0.154. The second-order valence-corrected chi connectivity index (χ2v) is 6.28. The van der Waals surface area contributed by atoms with Crippen molar-refractivity contribution in [2.75, 3.05) is 6.61 Å². The van der Waals surface area contributed by atoms with Crippen LogP contribution in [0.4, 0.5) is 0 Å². The van der Waals surface area contributed by atoms with Crippen molar-refractivity contribution in [3.8, 4) is 0 Å². The Morgan fingerprint density at radius 3 is 2.82 bits per heavy atom. The SMILES string of the molecule is CC=Cc1cc2c(C(C)C)nn(CC(=O)OCC)c(=O)c2s1. The highest BCUT2D eigenvalue weighted by molar-refractivity contribution is 7.19. The average Bonchev–Trinajstić information content (AvgIpc) is 2.86. The van der Waals surface area contributed by atoms with Crippen molar-refractivity contribution in [2.45, 2.75) is 40.2 Å². The van der Waals surface area contributed by atoms with Gasteiger partial charge in [0.05, 0.1) is 12.3 Å². The molecule has 0 saturated heterocycles. The molecule has 0 aromatic carbocycles. The zero-order valence-corrected chi connectivity index (χ0v) is 14.1. The maximum atomic E-state index is 12.5. The molecular formula is C16H20N2O3S. The molecule has 0 atom stereocenters. The summed E-state index contributed by atoms with van der Waals surface area (Å²) in [6.45, 7) is 7.85. The number of thiophene rings is 1. The van der Waals surface area contributed by atoms with Crippen LogP contribution in [0.25, 0.3) is 16.2 Å². The van der Waals surface area contributed by atoms with E-state index in [0.29, 0.717) is 4.70 Å². The van der Waals surface area contributed by atoms with Crippen molar-refractivity contribution in [1.82, 2.24) is 9.78 Å². The first-order valence-corrected chi connectivity index (χ1v) is 8.12. The largest absolute Gasteiger partial charge is 0.465 e. The standard InChI is InChI=1S/C16H20N2O3S/c1-5-7-11-8-12-14(10(3)4)17-18(9-13(19)21-6-2)16(20)15(12)22-11/h5,7-8,10H,6,9H2,1-4H3. The highest BCUT2D eigenvalue weighted by Crippen LogP contribution is 2.29. The second-order valence-electron chi connectivity index (χ2n) is 5.20. The van der Waals surface area contributed by atoms with E-state index in [1.165, 1.54) is 16.0 Å². The van der Waals surface area contributed by atoms with E-state index in [0.717, 1.165) is 16.0 Å². The lowest BCUT2D eigenvalue weighted by atomic mass is 10.1. The Balaban J connectivity index is 2.61. The summed E-state index contributed by atoms with van der Waals surface area (Å²) in [7, 11) is 0. The molecule has 0 aliphatic rings. The van der Waals surface area contributed by atoms with Crippen LogP contribution >= 0.6 is 11.3 Å². The zero-order chi connectivity index (χ0) is 16.3. The number of hydrogen-bond donors (Lipinski definition) is 0. The van der Waals surface area contributed by atoms with Crippen molar-refractivity contribution >= 4 is 33.5 Å². The fraction of sp³-hybridized carbons (Fsp3) is 0.438. The maximum absolute atomic E-state index is 12.5.